The lowest BCUT2D eigenvalue weighted by molar-refractivity contribution is -0.149. The van der Waals surface area contributed by atoms with Gasteiger partial charge < -0.3 is 10.8 Å². The van der Waals surface area contributed by atoms with Crippen molar-refractivity contribution in [1.29, 1.82) is 0 Å². The summed E-state index contributed by atoms with van der Waals surface area (Å²) in [6.07, 6.45) is 0.618. The summed E-state index contributed by atoms with van der Waals surface area (Å²) in [6.45, 7) is 3.95. The zero-order valence-electron chi connectivity index (χ0n) is 7.41. The minimum Gasteiger partial charge on any atom is -0.476 e. The Balaban J connectivity index is 3.76. The Hall–Kier alpha value is -0.900. The zero-order chi connectivity index (χ0) is 9.72. The molecule has 4 nitrogen and oxygen atoms in total. The molecule has 0 aliphatic carbocycles. The predicted molar refractivity (Wildman–Crippen MR) is 44.7 cm³/mol. The van der Waals surface area contributed by atoms with Gasteiger partial charge in [0.2, 0.25) is 5.78 Å². The van der Waals surface area contributed by atoms with Gasteiger partial charge in [-0.1, -0.05) is 13.8 Å². The first kappa shape index (κ1) is 11.1. The molecule has 0 saturated carbocycles. The molecule has 0 aromatic heterocycles. The normalized spacial score (nSPS) is 13.0. The maximum atomic E-state index is 10.7. The van der Waals surface area contributed by atoms with Crippen LogP contribution in [0.2, 0.25) is 0 Å². The van der Waals surface area contributed by atoms with E-state index in [9.17, 15) is 9.59 Å². The van der Waals surface area contributed by atoms with Gasteiger partial charge in [0.05, 0.1) is 0 Å². The average Bonchev–Trinajstić information content (AvgIpc) is 1.84. The van der Waals surface area contributed by atoms with Gasteiger partial charge in [-0.3, -0.25) is 4.79 Å². The van der Waals surface area contributed by atoms with Crippen LogP contribution >= 0.6 is 0 Å². The van der Waals surface area contributed by atoms with Crippen molar-refractivity contribution in [3.63, 3.8) is 0 Å². The van der Waals surface area contributed by atoms with Gasteiger partial charge in [0.25, 0.3) is 0 Å². The molecule has 0 saturated heterocycles. The van der Waals surface area contributed by atoms with E-state index in [2.05, 4.69) is 0 Å². The first-order valence-corrected chi connectivity index (χ1v) is 3.95. The largest absolute Gasteiger partial charge is 0.476 e. The highest BCUT2D eigenvalue weighted by atomic mass is 16.4. The Labute approximate surface area is 71.8 Å². The molecule has 0 spiro atoms. The number of ketones is 1. The molecule has 0 aliphatic rings. The van der Waals surface area contributed by atoms with Crippen molar-refractivity contribution < 1.29 is 14.7 Å². The quantitative estimate of drug-likeness (QED) is 0.590. The molecule has 12 heavy (non-hydrogen) atoms. The summed E-state index contributed by atoms with van der Waals surface area (Å²) in [4.78, 5) is 20.8. The molecule has 1 unspecified atom stereocenters. The van der Waals surface area contributed by atoms with Crippen LogP contribution in [0.25, 0.3) is 0 Å². The van der Waals surface area contributed by atoms with Crippen molar-refractivity contribution in [3.05, 3.63) is 0 Å². The molecule has 3 N–H and O–H groups in total. The standard InChI is InChI=1S/C8H15NO3/c1-5(2)3-6(9)4-7(10)8(11)12/h5-6H,3-4,9H2,1-2H3,(H,11,12). The van der Waals surface area contributed by atoms with Crippen molar-refractivity contribution in [1.82, 2.24) is 0 Å². The van der Waals surface area contributed by atoms with Gasteiger partial charge >= 0.3 is 5.97 Å². The molecule has 0 rings (SSSR count). The Bertz CT molecular complexity index is 177. The zero-order valence-corrected chi connectivity index (χ0v) is 7.41. The molecular formula is C8H15NO3. The molecule has 70 valence electrons. The van der Waals surface area contributed by atoms with Crippen molar-refractivity contribution in [2.45, 2.75) is 32.7 Å². The van der Waals surface area contributed by atoms with E-state index in [1.165, 1.54) is 0 Å². The van der Waals surface area contributed by atoms with E-state index in [0.717, 1.165) is 0 Å². The summed E-state index contributed by atoms with van der Waals surface area (Å²) in [6, 6.07) is -0.325. The third kappa shape index (κ3) is 4.85. The van der Waals surface area contributed by atoms with Gasteiger partial charge in [-0.15, -0.1) is 0 Å². The van der Waals surface area contributed by atoms with E-state index in [4.69, 9.17) is 10.8 Å². The molecule has 0 heterocycles. The molecule has 4 heteroatoms. The molecule has 0 bridgehead atoms. The van der Waals surface area contributed by atoms with Crippen LogP contribution in [0.15, 0.2) is 0 Å². The highest BCUT2D eigenvalue weighted by molar-refractivity contribution is 6.32. The fourth-order valence-electron chi connectivity index (χ4n) is 1.01. The number of aliphatic carboxylic acids is 1. The van der Waals surface area contributed by atoms with Gasteiger partial charge in [0.15, 0.2) is 0 Å². The van der Waals surface area contributed by atoms with E-state index in [0.29, 0.717) is 12.3 Å². The monoisotopic (exact) mass is 173 g/mol. The van der Waals surface area contributed by atoms with Crippen molar-refractivity contribution >= 4 is 11.8 Å². The van der Waals surface area contributed by atoms with Crippen LogP contribution < -0.4 is 5.73 Å². The molecular weight excluding hydrogens is 158 g/mol. The molecule has 0 fully saturated rings. The van der Waals surface area contributed by atoms with Crippen LogP contribution in [0.4, 0.5) is 0 Å². The fraction of sp³-hybridized carbons (Fsp3) is 0.750. The maximum absolute atomic E-state index is 10.7. The number of carbonyl (C=O) groups excluding carboxylic acids is 1. The molecule has 1 atom stereocenters. The Morgan fingerprint density at radius 2 is 1.92 bits per heavy atom. The van der Waals surface area contributed by atoms with Crippen LogP contribution in [-0.2, 0) is 9.59 Å². The summed E-state index contributed by atoms with van der Waals surface area (Å²) < 4.78 is 0. The van der Waals surface area contributed by atoms with Crippen LogP contribution in [0.1, 0.15) is 26.7 Å². The minimum absolute atomic E-state index is 0.0620. The molecule has 0 aliphatic heterocycles. The van der Waals surface area contributed by atoms with Gasteiger partial charge in [0.1, 0.15) is 0 Å². The number of carboxylic acid groups (broad SMARTS) is 1. The summed E-state index contributed by atoms with van der Waals surface area (Å²) in [5, 5.41) is 8.26. The number of rotatable bonds is 5. The number of hydrogen-bond acceptors (Lipinski definition) is 3. The van der Waals surface area contributed by atoms with Crippen molar-refractivity contribution in [2.24, 2.45) is 11.7 Å². The lowest BCUT2D eigenvalue weighted by Crippen LogP contribution is -2.28. The second-order valence-electron chi connectivity index (χ2n) is 3.32. The predicted octanol–water partition coefficient (Wildman–Crippen LogP) is 0.404. The lowest BCUT2D eigenvalue weighted by Gasteiger charge is -2.11. The minimum atomic E-state index is -1.39. The third-order valence-corrected chi connectivity index (χ3v) is 1.46. The number of hydrogen-bond donors (Lipinski definition) is 2. The SMILES string of the molecule is CC(C)CC(N)CC(=O)C(=O)O. The average molecular weight is 173 g/mol. The van der Waals surface area contributed by atoms with Gasteiger partial charge in [-0.2, -0.15) is 0 Å². The first-order valence-electron chi connectivity index (χ1n) is 3.95. The van der Waals surface area contributed by atoms with Crippen molar-refractivity contribution in [2.75, 3.05) is 0 Å². The van der Waals surface area contributed by atoms with Crippen LogP contribution in [0.5, 0.6) is 0 Å². The van der Waals surface area contributed by atoms with Gasteiger partial charge in [-0.05, 0) is 12.3 Å². The Morgan fingerprint density at radius 3 is 2.25 bits per heavy atom. The number of carbonyl (C=O) groups is 2. The van der Waals surface area contributed by atoms with Gasteiger partial charge in [-0.25, -0.2) is 4.79 Å². The fourth-order valence-corrected chi connectivity index (χ4v) is 1.01. The van der Waals surface area contributed by atoms with Crippen LogP contribution in [-0.4, -0.2) is 22.9 Å². The highest BCUT2D eigenvalue weighted by Crippen LogP contribution is 2.05. The molecule has 0 amide bonds. The maximum Gasteiger partial charge on any atom is 0.372 e. The van der Waals surface area contributed by atoms with E-state index < -0.39 is 11.8 Å². The van der Waals surface area contributed by atoms with E-state index >= 15 is 0 Å². The molecule has 0 aromatic carbocycles. The van der Waals surface area contributed by atoms with E-state index in [1.54, 1.807) is 0 Å². The summed E-state index contributed by atoms with van der Waals surface area (Å²) in [7, 11) is 0. The highest BCUT2D eigenvalue weighted by Gasteiger charge is 2.16. The van der Waals surface area contributed by atoms with E-state index in [-0.39, 0.29) is 12.5 Å². The Morgan fingerprint density at radius 1 is 1.42 bits per heavy atom. The smallest absolute Gasteiger partial charge is 0.372 e. The summed E-state index contributed by atoms with van der Waals surface area (Å²) >= 11 is 0. The first-order chi connectivity index (χ1) is 5.43. The van der Waals surface area contributed by atoms with Gasteiger partial charge in [0, 0.05) is 12.5 Å². The third-order valence-electron chi connectivity index (χ3n) is 1.46. The number of Topliss-reactive ketones (excluding diaryl/α,β-unsaturated/α-hetero) is 1. The second kappa shape index (κ2) is 4.87. The molecule has 0 radical (unpaired) electrons. The Kier molecular flexibility index (Phi) is 4.51. The topological polar surface area (TPSA) is 80.4 Å². The second-order valence-corrected chi connectivity index (χ2v) is 3.32. The lowest BCUT2D eigenvalue weighted by atomic mass is 10.0. The molecule has 0 aromatic rings. The summed E-state index contributed by atoms with van der Waals surface area (Å²) in [5.41, 5.74) is 5.53. The number of carboxylic acids is 1. The number of nitrogens with two attached hydrogens (primary N) is 1. The van der Waals surface area contributed by atoms with Crippen molar-refractivity contribution in [3.8, 4) is 0 Å². The van der Waals surface area contributed by atoms with E-state index in [1.807, 2.05) is 13.8 Å². The van der Waals surface area contributed by atoms with Crippen LogP contribution in [0.3, 0.4) is 0 Å². The summed E-state index contributed by atoms with van der Waals surface area (Å²) in [5.74, 6) is -1.81. The van der Waals surface area contributed by atoms with Crippen LogP contribution in [0, 0.1) is 5.92 Å².